The number of nitrogens with zero attached hydrogens (tertiary/aromatic N) is 3. The highest BCUT2D eigenvalue weighted by molar-refractivity contribution is 7.07. The molecule has 10 nitrogen and oxygen atoms in total. The van der Waals surface area contributed by atoms with Crippen molar-refractivity contribution in [2.75, 3.05) is 45.3 Å². The molecule has 3 amide bonds. The van der Waals surface area contributed by atoms with Crippen molar-refractivity contribution >= 4 is 34.7 Å². The van der Waals surface area contributed by atoms with E-state index in [0.29, 0.717) is 68.3 Å². The molecule has 3 atom stereocenters. The van der Waals surface area contributed by atoms with Gasteiger partial charge in [0.05, 0.1) is 42.9 Å². The molecule has 1 aromatic carbocycles. The number of benzene rings is 1. The molecule has 3 aliphatic heterocycles. The van der Waals surface area contributed by atoms with Gasteiger partial charge in [-0.3, -0.25) is 14.4 Å². The van der Waals surface area contributed by atoms with Gasteiger partial charge in [-0.2, -0.15) is 0 Å². The smallest absolute Gasteiger partial charge is 0.275 e. The zero-order valence-corrected chi connectivity index (χ0v) is 20.3. The zero-order valence-electron chi connectivity index (χ0n) is 19.5. The Bertz CT molecular complexity index is 1090. The van der Waals surface area contributed by atoms with E-state index in [1.54, 1.807) is 41.0 Å². The van der Waals surface area contributed by atoms with Crippen molar-refractivity contribution in [2.45, 2.75) is 37.5 Å². The summed E-state index contributed by atoms with van der Waals surface area (Å²) in [5.41, 5.74) is 2.79. The molecule has 0 bridgehead atoms. The number of hydrogen-bond donors (Lipinski definition) is 1. The second-order valence-electron chi connectivity index (χ2n) is 8.90. The lowest BCUT2D eigenvalue weighted by Crippen LogP contribution is -2.54. The van der Waals surface area contributed by atoms with Gasteiger partial charge in [0.15, 0.2) is 0 Å². The number of fused-ring (bicyclic) bond motifs is 2. The normalized spacial score (nSPS) is 24.5. The summed E-state index contributed by atoms with van der Waals surface area (Å²) < 4.78 is 17.6. The highest BCUT2D eigenvalue weighted by Gasteiger charge is 2.39. The number of rotatable bonds is 4. The lowest BCUT2D eigenvalue weighted by Gasteiger charge is -2.42. The minimum absolute atomic E-state index is 0.0746. The van der Waals surface area contributed by atoms with Crippen LogP contribution >= 0.6 is 11.3 Å². The zero-order chi connectivity index (χ0) is 24.4. The Hall–Kier alpha value is -3.02. The molecule has 2 aromatic rings. The maximum atomic E-state index is 13.4. The molecule has 2 saturated heterocycles. The minimum Gasteiger partial charge on any atom is -0.490 e. The Labute approximate surface area is 207 Å². The van der Waals surface area contributed by atoms with Crippen LogP contribution in [0.5, 0.6) is 5.75 Å². The third kappa shape index (κ3) is 5.16. The van der Waals surface area contributed by atoms with Crippen molar-refractivity contribution < 1.29 is 28.6 Å². The first-order chi connectivity index (χ1) is 17.0. The molecule has 186 valence electrons. The number of carbonyl (C=O) groups is 3. The number of anilines is 1. The number of likely N-dealkylation sites (N-methyl/N-ethyl adjacent to an activating group) is 1. The molecule has 3 aliphatic rings. The van der Waals surface area contributed by atoms with E-state index < -0.39 is 0 Å². The largest absolute Gasteiger partial charge is 0.490 e. The third-order valence-corrected chi connectivity index (χ3v) is 7.29. The van der Waals surface area contributed by atoms with Gasteiger partial charge >= 0.3 is 0 Å². The summed E-state index contributed by atoms with van der Waals surface area (Å²) in [5, 5.41) is 4.45. The molecule has 1 aromatic heterocycles. The van der Waals surface area contributed by atoms with Crippen LogP contribution in [0.15, 0.2) is 29.1 Å². The monoisotopic (exact) mass is 500 g/mol. The van der Waals surface area contributed by atoms with Crippen LogP contribution in [0.2, 0.25) is 0 Å². The molecule has 2 fully saturated rings. The van der Waals surface area contributed by atoms with E-state index in [-0.39, 0.29) is 42.6 Å². The van der Waals surface area contributed by atoms with Gasteiger partial charge in [0.2, 0.25) is 5.91 Å². The number of hydrogen-bond acceptors (Lipinski definition) is 8. The maximum Gasteiger partial charge on any atom is 0.275 e. The predicted octanol–water partition coefficient (Wildman–Crippen LogP) is 2.02. The van der Waals surface area contributed by atoms with Crippen molar-refractivity contribution in [1.29, 1.82) is 0 Å². The summed E-state index contributed by atoms with van der Waals surface area (Å²) in [4.78, 5) is 45.9. The molecule has 1 N–H and O–H groups in total. The third-order valence-electron chi connectivity index (χ3n) is 6.70. The van der Waals surface area contributed by atoms with Crippen molar-refractivity contribution in [1.82, 2.24) is 14.8 Å². The number of nitrogens with one attached hydrogen (secondary N) is 1. The van der Waals surface area contributed by atoms with Gasteiger partial charge in [0, 0.05) is 31.2 Å². The molecule has 5 rings (SSSR count). The lowest BCUT2D eigenvalue weighted by atomic mass is 9.94. The van der Waals surface area contributed by atoms with E-state index in [9.17, 15) is 14.4 Å². The van der Waals surface area contributed by atoms with Crippen LogP contribution < -0.4 is 10.1 Å². The molecular weight excluding hydrogens is 472 g/mol. The minimum atomic E-state index is -0.336. The van der Waals surface area contributed by atoms with Gasteiger partial charge in [-0.1, -0.05) is 0 Å². The number of amides is 3. The molecule has 0 unspecified atom stereocenters. The van der Waals surface area contributed by atoms with Gasteiger partial charge in [0.25, 0.3) is 11.8 Å². The molecular formula is C24H28N4O6S. The van der Waals surface area contributed by atoms with Gasteiger partial charge in [0.1, 0.15) is 24.2 Å². The van der Waals surface area contributed by atoms with Crippen LogP contribution in [0.4, 0.5) is 5.69 Å². The fourth-order valence-electron chi connectivity index (χ4n) is 4.76. The van der Waals surface area contributed by atoms with E-state index in [1.807, 2.05) is 4.90 Å². The summed E-state index contributed by atoms with van der Waals surface area (Å²) >= 11 is 1.34. The molecule has 0 spiro atoms. The van der Waals surface area contributed by atoms with Crippen molar-refractivity contribution in [2.24, 2.45) is 0 Å². The van der Waals surface area contributed by atoms with Crippen LogP contribution in [-0.2, 0) is 14.3 Å². The Morgan fingerprint density at radius 3 is 2.83 bits per heavy atom. The van der Waals surface area contributed by atoms with E-state index in [2.05, 4.69) is 10.3 Å². The molecule has 0 radical (unpaired) electrons. The summed E-state index contributed by atoms with van der Waals surface area (Å²) in [6.07, 6.45) is 1.18. The Balaban J connectivity index is 1.27. The Morgan fingerprint density at radius 2 is 2.06 bits per heavy atom. The fraction of sp³-hybridized carbons (Fsp3) is 0.500. The average Bonchev–Trinajstić information content (AvgIpc) is 3.42. The molecule has 0 saturated carbocycles. The quantitative estimate of drug-likeness (QED) is 0.684. The Morgan fingerprint density at radius 1 is 1.23 bits per heavy atom. The fourth-order valence-corrected chi connectivity index (χ4v) is 5.29. The second kappa shape index (κ2) is 10.3. The van der Waals surface area contributed by atoms with E-state index in [0.717, 1.165) is 0 Å². The number of carbonyl (C=O) groups excluding carboxylic acids is 3. The molecule has 11 heteroatoms. The van der Waals surface area contributed by atoms with Gasteiger partial charge in [-0.15, -0.1) is 11.3 Å². The maximum absolute atomic E-state index is 13.4. The first kappa shape index (κ1) is 23.7. The average molecular weight is 501 g/mol. The topological polar surface area (TPSA) is 110 Å². The number of ether oxygens (including phenoxy) is 3. The standard InChI is InChI=1S/C24H28N4O6S/c1-27-19-4-3-16(11-22(29)28-6-8-32-9-7-28)34-21(19)12-33-20-5-2-15(10-17(20)24(27)31)26-23(30)18-13-35-14-25-18/h2,5,10,13-14,16,19,21H,3-4,6-9,11-12H2,1H3,(H,26,30)/t16-,19+,21-/m1/s1. The number of thiazole rings is 1. The summed E-state index contributed by atoms with van der Waals surface area (Å²) in [6, 6.07) is 4.84. The van der Waals surface area contributed by atoms with E-state index in [4.69, 9.17) is 14.2 Å². The summed E-state index contributed by atoms with van der Waals surface area (Å²) in [6.45, 7) is 2.63. The predicted molar refractivity (Wildman–Crippen MR) is 128 cm³/mol. The number of morpholine rings is 1. The van der Waals surface area contributed by atoms with Crippen LogP contribution in [0.25, 0.3) is 0 Å². The summed E-state index contributed by atoms with van der Waals surface area (Å²) in [7, 11) is 1.76. The van der Waals surface area contributed by atoms with E-state index >= 15 is 0 Å². The Kier molecular flexibility index (Phi) is 6.98. The molecule has 0 aliphatic carbocycles. The van der Waals surface area contributed by atoms with Crippen LogP contribution in [-0.4, -0.2) is 90.7 Å². The van der Waals surface area contributed by atoms with Crippen molar-refractivity contribution in [3.05, 3.63) is 40.3 Å². The molecule has 35 heavy (non-hydrogen) atoms. The first-order valence-electron chi connectivity index (χ1n) is 11.7. The van der Waals surface area contributed by atoms with Gasteiger partial charge in [-0.05, 0) is 31.0 Å². The van der Waals surface area contributed by atoms with Crippen molar-refractivity contribution in [3.8, 4) is 5.75 Å². The molecule has 4 heterocycles. The first-order valence-corrected chi connectivity index (χ1v) is 12.7. The van der Waals surface area contributed by atoms with Crippen LogP contribution in [0, 0.1) is 0 Å². The highest BCUT2D eigenvalue weighted by atomic mass is 32.1. The van der Waals surface area contributed by atoms with Gasteiger partial charge in [-0.25, -0.2) is 4.98 Å². The SMILES string of the molecule is CN1C(=O)c2cc(NC(=O)c3cscn3)ccc2OC[C@H]2O[C@@H](CC(=O)N3CCOCC3)CC[C@@H]21. The van der Waals surface area contributed by atoms with Crippen LogP contribution in [0.1, 0.15) is 40.1 Å². The van der Waals surface area contributed by atoms with Crippen molar-refractivity contribution in [3.63, 3.8) is 0 Å². The van der Waals surface area contributed by atoms with E-state index in [1.165, 1.54) is 11.3 Å². The van der Waals surface area contributed by atoms with Crippen LogP contribution in [0.3, 0.4) is 0 Å². The lowest BCUT2D eigenvalue weighted by molar-refractivity contribution is -0.146. The number of aromatic nitrogens is 1. The second-order valence-corrected chi connectivity index (χ2v) is 9.62. The van der Waals surface area contributed by atoms with Gasteiger partial charge < -0.3 is 29.3 Å². The summed E-state index contributed by atoms with van der Waals surface area (Å²) in [5.74, 6) is -0.0318. The highest BCUT2D eigenvalue weighted by Crippen LogP contribution is 2.32.